The molecule has 0 heterocycles. The number of benzene rings is 3. The number of aryl methyl sites for hydroxylation is 2. The zero-order valence-corrected chi connectivity index (χ0v) is 24.1. The maximum Gasteiger partial charge on any atom is 0.264 e. The average Bonchev–Trinajstić information content (AvgIpc) is 2.89. The highest BCUT2D eigenvalue weighted by molar-refractivity contribution is 7.92. The van der Waals surface area contributed by atoms with Crippen LogP contribution in [0.5, 0.6) is 0 Å². The second-order valence-electron chi connectivity index (χ2n) is 8.94. The minimum atomic E-state index is -4.16. The number of nitrogens with one attached hydrogen (secondary N) is 1. The number of sulfonamides is 1. The molecular formula is C28H31Cl2N3O4S. The summed E-state index contributed by atoms with van der Waals surface area (Å²) in [6.07, 6.45) is 0.333. The Kier molecular flexibility index (Phi) is 9.82. The van der Waals surface area contributed by atoms with Crippen LogP contribution in [-0.2, 0) is 26.2 Å². The molecule has 1 atom stereocenters. The molecule has 2 amide bonds. The van der Waals surface area contributed by atoms with E-state index in [0.29, 0.717) is 16.5 Å². The highest BCUT2D eigenvalue weighted by Crippen LogP contribution is 2.29. The summed E-state index contributed by atoms with van der Waals surface area (Å²) in [5, 5.41) is 3.51. The SMILES string of the molecule is CC[C@H](C(=O)NC)N(Cc1ccc(Cl)cc1)C(=O)CN(c1ccc(C)c(Cl)c1)S(=O)(=O)c1ccc(C)cc1. The number of anilines is 1. The molecule has 3 aromatic rings. The van der Waals surface area contributed by atoms with Crippen LogP contribution in [-0.4, -0.2) is 44.8 Å². The number of halogens is 2. The molecule has 10 heteroatoms. The Morgan fingerprint density at radius 2 is 1.58 bits per heavy atom. The molecule has 3 aromatic carbocycles. The second-order valence-corrected chi connectivity index (χ2v) is 11.7. The summed E-state index contributed by atoms with van der Waals surface area (Å²) in [6.45, 7) is 5.02. The van der Waals surface area contributed by atoms with E-state index in [1.54, 1.807) is 62.4 Å². The molecule has 0 spiro atoms. The van der Waals surface area contributed by atoms with Crippen LogP contribution >= 0.6 is 23.2 Å². The Balaban J connectivity index is 2.08. The smallest absolute Gasteiger partial charge is 0.264 e. The van der Waals surface area contributed by atoms with Crippen molar-refractivity contribution < 1.29 is 18.0 Å². The van der Waals surface area contributed by atoms with E-state index >= 15 is 0 Å². The van der Waals surface area contributed by atoms with Gasteiger partial charge < -0.3 is 10.2 Å². The second kappa shape index (κ2) is 12.7. The van der Waals surface area contributed by atoms with Gasteiger partial charge in [-0.1, -0.05) is 66.0 Å². The van der Waals surface area contributed by atoms with Gasteiger partial charge in [0.2, 0.25) is 11.8 Å². The van der Waals surface area contributed by atoms with Crippen molar-refractivity contribution in [1.82, 2.24) is 10.2 Å². The van der Waals surface area contributed by atoms with Crippen molar-refractivity contribution in [3.63, 3.8) is 0 Å². The van der Waals surface area contributed by atoms with E-state index in [1.165, 1.54) is 30.1 Å². The first-order valence-electron chi connectivity index (χ1n) is 12.1. The van der Waals surface area contributed by atoms with Crippen LogP contribution in [0.1, 0.15) is 30.0 Å². The maximum absolute atomic E-state index is 13.9. The Labute approximate surface area is 234 Å². The van der Waals surface area contributed by atoms with Gasteiger partial charge in [0.1, 0.15) is 12.6 Å². The summed E-state index contributed by atoms with van der Waals surface area (Å²) in [6, 6.07) is 17.3. The summed E-state index contributed by atoms with van der Waals surface area (Å²) >= 11 is 12.4. The van der Waals surface area contributed by atoms with E-state index in [4.69, 9.17) is 23.2 Å². The lowest BCUT2D eigenvalue weighted by molar-refractivity contribution is -0.140. The lowest BCUT2D eigenvalue weighted by atomic mass is 10.1. The number of carbonyl (C=O) groups is 2. The number of amides is 2. The molecule has 1 N–H and O–H groups in total. The molecule has 0 aliphatic heterocycles. The molecule has 3 rings (SSSR count). The minimum absolute atomic E-state index is 0.0372. The van der Waals surface area contributed by atoms with Crippen LogP contribution in [0, 0.1) is 13.8 Å². The third kappa shape index (κ3) is 6.87. The van der Waals surface area contributed by atoms with Gasteiger partial charge in [-0.05, 0) is 67.8 Å². The Morgan fingerprint density at radius 3 is 2.13 bits per heavy atom. The number of rotatable bonds is 10. The number of hydrogen-bond donors (Lipinski definition) is 1. The molecule has 0 bridgehead atoms. The van der Waals surface area contributed by atoms with E-state index in [-0.39, 0.29) is 23.0 Å². The van der Waals surface area contributed by atoms with Gasteiger partial charge in [-0.2, -0.15) is 0 Å². The van der Waals surface area contributed by atoms with Crippen LogP contribution in [0.3, 0.4) is 0 Å². The predicted octanol–water partition coefficient (Wildman–Crippen LogP) is 5.36. The van der Waals surface area contributed by atoms with Crippen molar-refractivity contribution in [2.45, 2.75) is 44.7 Å². The van der Waals surface area contributed by atoms with Crippen molar-refractivity contribution >= 4 is 50.7 Å². The van der Waals surface area contributed by atoms with Gasteiger partial charge in [0, 0.05) is 23.6 Å². The van der Waals surface area contributed by atoms with E-state index < -0.39 is 28.5 Å². The summed E-state index contributed by atoms with van der Waals surface area (Å²) in [5.41, 5.74) is 2.66. The van der Waals surface area contributed by atoms with Gasteiger partial charge in [-0.15, -0.1) is 0 Å². The first-order valence-corrected chi connectivity index (χ1v) is 14.3. The largest absolute Gasteiger partial charge is 0.357 e. The zero-order valence-electron chi connectivity index (χ0n) is 21.7. The zero-order chi connectivity index (χ0) is 28.0. The topological polar surface area (TPSA) is 86.8 Å². The van der Waals surface area contributed by atoms with Gasteiger partial charge in [-0.25, -0.2) is 8.42 Å². The summed E-state index contributed by atoms with van der Waals surface area (Å²) < 4.78 is 28.7. The fourth-order valence-electron chi connectivity index (χ4n) is 3.98. The molecule has 0 fully saturated rings. The van der Waals surface area contributed by atoms with Gasteiger partial charge in [0.15, 0.2) is 0 Å². The van der Waals surface area contributed by atoms with Gasteiger partial charge in [-0.3, -0.25) is 13.9 Å². The lowest BCUT2D eigenvalue weighted by Gasteiger charge is -2.33. The van der Waals surface area contributed by atoms with Crippen molar-refractivity contribution in [2.75, 3.05) is 17.9 Å². The minimum Gasteiger partial charge on any atom is -0.357 e. The molecular weight excluding hydrogens is 545 g/mol. The van der Waals surface area contributed by atoms with Crippen molar-refractivity contribution in [1.29, 1.82) is 0 Å². The quantitative estimate of drug-likeness (QED) is 0.352. The molecule has 0 saturated carbocycles. The number of likely N-dealkylation sites (N-methyl/N-ethyl adjacent to an activating group) is 1. The fourth-order valence-corrected chi connectivity index (χ4v) is 5.68. The van der Waals surface area contributed by atoms with Gasteiger partial charge in [0.25, 0.3) is 10.0 Å². The van der Waals surface area contributed by atoms with Crippen LogP contribution in [0.2, 0.25) is 10.0 Å². The Bertz CT molecular complexity index is 1390. The maximum atomic E-state index is 13.9. The molecule has 0 aliphatic rings. The van der Waals surface area contributed by atoms with E-state index in [2.05, 4.69) is 5.32 Å². The lowest BCUT2D eigenvalue weighted by Crippen LogP contribution is -2.51. The Morgan fingerprint density at radius 1 is 0.947 bits per heavy atom. The third-order valence-corrected chi connectivity index (χ3v) is 8.68. The van der Waals surface area contributed by atoms with Crippen LogP contribution in [0.4, 0.5) is 5.69 Å². The number of hydrogen-bond acceptors (Lipinski definition) is 4. The molecule has 0 aliphatic carbocycles. The molecule has 0 saturated heterocycles. The molecule has 38 heavy (non-hydrogen) atoms. The predicted molar refractivity (Wildman–Crippen MR) is 152 cm³/mol. The van der Waals surface area contributed by atoms with Crippen LogP contribution < -0.4 is 9.62 Å². The van der Waals surface area contributed by atoms with Gasteiger partial charge in [0.05, 0.1) is 10.6 Å². The Hall–Kier alpha value is -3.07. The first-order chi connectivity index (χ1) is 18.0. The molecule has 202 valence electrons. The van der Waals surface area contributed by atoms with E-state index in [1.807, 2.05) is 6.92 Å². The molecule has 7 nitrogen and oxygen atoms in total. The summed E-state index contributed by atoms with van der Waals surface area (Å²) in [5.74, 6) is -0.885. The van der Waals surface area contributed by atoms with Crippen molar-refractivity contribution in [3.05, 3.63) is 93.5 Å². The third-order valence-electron chi connectivity index (χ3n) is 6.23. The number of nitrogens with zero attached hydrogens (tertiary/aromatic N) is 2. The van der Waals surface area contributed by atoms with Crippen molar-refractivity contribution in [3.8, 4) is 0 Å². The van der Waals surface area contributed by atoms with Gasteiger partial charge >= 0.3 is 0 Å². The van der Waals surface area contributed by atoms with Crippen LogP contribution in [0.15, 0.2) is 71.6 Å². The average molecular weight is 577 g/mol. The summed E-state index contributed by atoms with van der Waals surface area (Å²) in [7, 11) is -2.66. The molecule has 0 unspecified atom stereocenters. The first kappa shape index (κ1) is 29.5. The van der Waals surface area contributed by atoms with E-state index in [0.717, 1.165) is 21.0 Å². The fraction of sp³-hybridized carbons (Fsp3) is 0.286. The van der Waals surface area contributed by atoms with E-state index in [9.17, 15) is 18.0 Å². The molecule has 0 radical (unpaired) electrons. The van der Waals surface area contributed by atoms with Crippen LogP contribution in [0.25, 0.3) is 0 Å². The van der Waals surface area contributed by atoms with Crippen molar-refractivity contribution in [2.24, 2.45) is 0 Å². The molecule has 0 aromatic heterocycles. The number of carbonyl (C=O) groups excluding carboxylic acids is 2. The summed E-state index contributed by atoms with van der Waals surface area (Å²) in [4.78, 5) is 28.1. The highest BCUT2D eigenvalue weighted by Gasteiger charge is 2.33. The highest BCUT2D eigenvalue weighted by atomic mass is 35.5. The normalized spacial score (nSPS) is 12.1. The monoisotopic (exact) mass is 575 g/mol. The standard InChI is InChI=1S/C28H31Cl2N3O4S/c1-5-26(28(35)31-4)32(17-21-9-11-22(29)12-10-21)27(34)18-33(23-13-8-20(3)25(30)16-23)38(36,37)24-14-6-19(2)7-15-24/h6-16,26H,5,17-18H2,1-4H3,(H,31,35)/t26-/m1/s1.